The Morgan fingerprint density at radius 3 is 2.61 bits per heavy atom. The van der Waals surface area contributed by atoms with Crippen LogP contribution < -0.4 is 10.2 Å². The van der Waals surface area contributed by atoms with Crippen LogP contribution in [0.25, 0.3) is 10.2 Å². The number of amides is 1. The molecule has 9 heteroatoms. The Bertz CT molecular complexity index is 1230. The van der Waals surface area contributed by atoms with E-state index >= 15 is 0 Å². The maximum Gasteiger partial charge on any atom is 0.227 e. The van der Waals surface area contributed by atoms with Gasteiger partial charge in [0.2, 0.25) is 5.91 Å². The van der Waals surface area contributed by atoms with Crippen LogP contribution >= 0.6 is 11.3 Å². The van der Waals surface area contributed by atoms with Gasteiger partial charge in [0.05, 0.1) is 21.7 Å². The predicted octanol–water partition coefficient (Wildman–Crippen LogP) is 3.96. The van der Waals surface area contributed by atoms with E-state index in [0.29, 0.717) is 31.6 Å². The lowest BCUT2D eigenvalue weighted by Gasteiger charge is -2.32. The predicted molar refractivity (Wildman–Crippen MR) is 125 cm³/mol. The molecule has 0 spiro atoms. The number of carbonyl (C=O) groups excluding carboxylic acids is 1. The summed E-state index contributed by atoms with van der Waals surface area (Å²) in [6.07, 6.45) is 2.97. The van der Waals surface area contributed by atoms with E-state index in [1.54, 1.807) is 48.9 Å². The second-order valence-electron chi connectivity index (χ2n) is 7.81. The lowest BCUT2D eigenvalue weighted by atomic mass is 9.95. The molecule has 0 atom stereocenters. The molecule has 7 nitrogen and oxygen atoms in total. The average molecular weight is 459 g/mol. The van der Waals surface area contributed by atoms with Crippen LogP contribution in [0.3, 0.4) is 0 Å². The molecule has 0 aliphatic carbocycles. The van der Waals surface area contributed by atoms with Crippen LogP contribution in [0.15, 0.2) is 35.5 Å². The molecular weight excluding hydrogens is 432 g/mol. The number of fused-ring (bicyclic) bond motifs is 1. The van der Waals surface area contributed by atoms with Crippen molar-refractivity contribution in [3.8, 4) is 0 Å². The third-order valence-corrected chi connectivity index (χ3v) is 8.87. The van der Waals surface area contributed by atoms with Gasteiger partial charge >= 0.3 is 0 Å². The maximum atomic E-state index is 12.9. The Hall–Kier alpha value is -2.52. The van der Waals surface area contributed by atoms with Crippen LogP contribution in [-0.2, 0) is 14.6 Å². The van der Waals surface area contributed by atoms with Gasteiger partial charge in [-0.25, -0.2) is 18.4 Å². The van der Waals surface area contributed by atoms with Gasteiger partial charge in [-0.2, -0.15) is 0 Å². The first kappa shape index (κ1) is 21.7. The average Bonchev–Trinajstić information content (AvgIpc) is 3.08. The number of hydrogen-bond donors (Lipinski definition) is 1. The Labute approximate surface area is 186 Å². The fourth-order valence-electron chi connectivity index (χ4n) is 3.99. The van der Waals surface area contributed by atoms with E-state index in [9.17, 15) is 13.2 Å². The van der Waals surface area contributed by atoms with Crippen molar-refractivity contribution in [1.29, 1.82) is 0 Å². The van der Waals surface area contributed by atoms with Crippen LogP contribution in [0, 0.1) is 19.8 Å². The molecule has 0 saturated carbocycles. The molecule has 1 N–H and O–H groups in total. The highest BCUT2D eigenvalue weighted by Gasteiger charge is 2.28. The minimum Gasteiger partial charge on any atom is -0.356 e. The summed E-state index contributed by atoms with van der Waals surface area (Å²) in [4.78, 5) is 26.5. The van der Waals surface area contributed by atoms with E-state index in [1.807, 2.05) is 0 Å². The molecule has 0 radical (unpaired) electrons. The summed E-state index contributed by atoms with van der Waals surface area (Å²) >= 11 is 1.68. The topological polar surface area (TPSA) is 92.3 Å². The molecular formula is C22H26N4O3S2. The molecule has 1 aliphatic rings. The second-order valence-corrected chi connectivity index (χ2v) is 11.3. The quantitative estimate of drug-likeness (QED) is 0.622. The van der Waals surface area contributed by atoms with Gasteiger partial charge in [-0.05, 0) is 44.4 Å². The van der Waals surface area contributed by atoms with E-state index in [0.717, 1.165) is 16.0 Å². The number of benzene rings is 1. The molecule has 1 aliphatic heterocycles. The molecule has 2 aromatic heterocycles. The second kappa shape index (κ2) is 8.55. The molecule has 164 valence electrons. The zero-order valence-corrected chi connectivity index (χ0v) is 19.5. The van der Waals surface area contributed by atoms with Crippen molar-refractivity contribution in [2.45, 2.75) is 38.5 Å². The normalized spacial score (nSPS) is 15.4. The summed E-state index contributed by atoms with van der Waals surface area (Å²) in [7, 11) is -3.41. The molecule has 1 saturated heterocycles. The fourth-order valence-corrected chi connectivity index (χ4v) is 6.03. The minimum absolute atomic E-state index is 0.00680. The zero-order valence-electron chi connectivity index (χ0n) is 17.9. The molecule has 1 fully saturated rings. The Kier molecular flexibility index (Phi) is 5.98. The first-order valence-electron chi connectivity index (χ1n) is 10.4. The number of aromatic nitrogens is 2. The highest BCUT2D eigenvalue weighted by molar-refractivity contribution is 7.91. The molecule has 1 aromatic carbocycles. The number of rotatable bonds is 5. The summed E-state index contributed by atoms with van der Waals surface area (Å²) in [6, 6.07) is 6.60. The van der Waals surface area contributed by atoms with Crippen molar-refractivity contribution < 1.29 is 13.2 Å². The van der Waals surface area contributed by atoms with Crippen LogP contribution in [0.1, 0.15) is 30.2 Å². The number of aryl methyl sites for hydroxylation is 2. The van der Waals surface area contributed by atoms with Gasteiger partial charge in [-0.15, -0.1) is 11.3 Å². The molecule has 4 rings (SSSR count). The minimum atomic E-state index is -3.41. The van der Waals surface area contributed by atoms with Crippen molar-refractivity contribution in [2.75, 3.05) is 29.1 Å². The standard InChI is InChI=1S/C22H26N4O3S2/c1-4-31(28,29)18-8-6-5-7-17(18)25-21(27)16-9-11-26(12-10-16)20-19-14(2)15(3)30-22(19)24-13-23-20/h5-8,13,16H,4,9-12H2,1-3H3,(H,25,27). The third-order valence-electron chi connectivity index (χ3n) is 5.97. The van der Waals surface area contributed by atoms with Crippen LogP contribution in [-0.4, -0.2) is 43.1 Å². The van der Waals surface area contributed by atoms with E-state index < -0.39 is 9.84 Å². The van der Waals surface area contributed by atoms with Gasteiger partial charge < -0.3 is 10.2 Å². The number of nitrogens with zero attached hydrogens (tertiary/aromatic N) is 3. The fraction of sp³-hybridized carbons (Fsp3) is 0.409. The van der Waals surface area contributed by atoms with Gasteiger partial charge in [0.1, 0.15) is 17.0 Å². The van der Waals surface area contributed by atoms with Crippen LogP contribution in [0.5, 0.6) is 0 Å². The smallest absolute Gasteiger partial charge is 0.227 e. The highest BCUT2D eigenvalue weighted by Crippen LogP contribution is 2.35. The molecule has 0 unspecified atom stereocenters. The third kappa shape index (κ3) is 4.16. The SMILES string of the molecule is CCS(=O)(=O)c1ccccc1NC(=O)C1CCN(c2ncnc3sc(C)c(C)c23)CC1. The van der Waals surface area contributed by atoms with Crippen molar-refractivity contribution in [2.24, 2.45) is 5.92 Å². The number of nitrogens with one attached hydrogen (secondary N) is 1. The Balaban J connectivity index is 1.48. The first-order valence-corrected chi connectivity index (χ1v) is 12.9. The first-order chi connectivity index (χ1) is 14.8. The van der Waals surface area contributed by atoms with Crippen molar-refractivity contribution in [1.82, 2.24) is 9.97 Å². The molecule has 0 bridgehead atoms. The zero-order chi connectivity index (χ0) is 22.2. The maximum absolute atomic E-state index is 12.9. The molecule has 31 heavy (non-hydrogen) atoms. The van der Waals surface area contributed by atoms with Gasteiger partial charge in [0.15, 0.2) is 9.84 Å². The van der Waals surface area contributed by atoms with Gasteiger partial charge in [-0.3, -0.25) is 4.79 Å². The number of hydrogen-bond acceptors (Lipinski definition) is 7. The van der Waals surface area contributed by atoms with Crippen LogP contribution in [0.4, 0.5) is 11.5 Å². The number of thiophene rings is 1. The Morgan fingerprint density at radius 1 is 1.19 bits per heavy atom. The summed E-state index contributed by atoms with van der Waals surface area (Å²) in [5.41, 5.74) is 1.57. The lowest BCUT2D eigenvalue weighted by molar-refractivity contribution is -0.120. The van der Waals surface area contributed by atoms with Gasteiger partial charge in [-0.1, -0.05) is 19.1 Å². The molecule has 3 aromatic rings. The number of anilines is 2. The summed E-state index contributed by atoms with van der Waals surface area (Å²) in [6.45, 7) is 7.23. The Morgan fingerprint density at radius 2 is 1.90 bits per heavy atom. The van der Waals surface area contributed by atoms with Crippen molar-refractivity contribution in [3.63, 3.8) is 0 Å². The number of sulfone groups is 1. The number of carbonyl (C=O) groups is 1. The number of para-hydroxylation sites is 1. The van der Waals surface area contributed by atoms with E-state index in [2.05, 4.69) is 34.0 Å². The summed E-state index contributed by atoms with van der Waals surface area (Å²) in [5, 5.41) is 3.96. The van der Waals surface area contributed by atoms with Crippen molar-refractivity contribution in [3.05, 3.63) is 41.0 Å². The largest absolute Gasteiger partial charge is 0.356 e. The summed E-state index contributed by atoms with van der Waals surface area (Å²) in [5.74, 6) is 0.628. The van der Waals surface area contributed by atoms with Crippen molar-refractivity contribution >= 4 is 48.8 Å². The molecule has 1 amide bonds. The monoisotopic (exact) mass is 458 g/mol. The molecule has 3 heterocycles. The van der Waals surface area contributed by atoms with E-state index in [4.69, 9.17) is 0 Å². The van der Waals surface area contributed by atoms with Gasteiger partial charge in [0.25, 0.3) is 0 Å². The number of piperidine rings is 1. The van der Waals surface area contributed by atoms with E-state index in [-0.39, 0.29) is 22.5 Å². The summed E-state index contributed by atoms with van der Waals surface area (Å²) < 4.78 is 24.7. The lowest BCUT2D eigenvalue weighted by Crippen LogP contribution is -2.38. The highest BCUT2D eigenvalue weighted by atomic mass is 32.2. The van der Waals surface area contributed by atoms with Crippen LogP contribution in [0.2, 0.25) is 0 Å². The van der Waals surface area contributed by atoms with Gasteiger partial charge in [0, 0.05) is 23.9 Å². The van der Waals surface area contributed by atoms with E-state index in [1.165, 1.54) is 10.4 Å².